The number of sulfonamides is 1. The molecule has 0 heterocycles. The van der Waals surface area contributed by atoms with Crippen molar-refractivity contribution in [2.45, 2.75) is 25.2 Å². The first-order valence-corrected chi connectivity index (χ1v) is 8.43. The fourth-order valence-electron chi connectivity index (χ4n) is 2.36. The van der Waals surface area contributed by atoms with E-state index in [1.54, 1.807) is 26.2 Å². The van der Waals surface area contributed by atoms with Crippen LogP contribution in [0.4, 0.5) is 0 Å². The topological polar surface area (TPSA) is 37.4 Å². The molecule has 0 fully saturated rings. The second-order valence-corrected chi connectivity index (χ2v) is 7.41. The highest BCUT2D eigenvalue weighted by Crippen LogP contribution is 2.31. The quantitative estimate of drug-likeness (QED) is 0.867. The van der Waals surface area contributed by atoms with Crippen LogP contribution in [-0.4, -0.2) is 26.8 Å². The third kappa shape index (κ3) is 3.01. The van der Waals surface area contributed by atoms with E-state index in [-0.39, 0.29) is 0 Å². The number of aryl methyl sites for hydroxylation is 2. The van der Waals surface area contributed by atoms with Crippen LogP contribution in [0.2, 0.25) is 0 Å². The van der Waals surface area contributed by atoms with E-state index < -0.39 is 10.0 Å². The summed E-state index contributed by atoms with van der Waals surface area (Å²) in [7, 11) is -0.345. The van der Waals surface area contributed by atoms with Gasteiger partial charge in [-0.3, -0.25) is 0 Å². The molecule has 0 unspecified atom stereocenters. The van der Waals surface area contributed by atoms with Crippen molar-refractivity contribution in [2.24, 2.45) is 0 Å². The van der Waals surface area contributed by atoms with Crippen LogP contribution in [-0.2, 0) is 16.4 Å². The molecule has 2 aromatic rings. The van der Waals surface area contributed by atoms with Gasteiger partial charge >= 0.3 is 0 Å². The Morgan fingerprint density at radius 3 is 2.24 bits per heavy atom. The van der Waals surface area contributed by atoms with Crippen LogP contribution in [0.5, 0.6) is 0 Å². The minimum atomic E-state index is -3.45. The zero-order valence-corrected chi connectivity index (χ0v) is 13.7. The van der Waals surface area contributed by atoms with Gasteiger partial charge in [-0.05, 0) is 36.1 Å². The molecular weight excluding hydrogens is 282 g/mol. The number of hydrogen-bond donors (Lipinski definition) is 0. The zero-order chi connectivity index (χ0) is 15.6. The summed E-state index contributed by atoms with van der Waals surface area (Å²) in [5, 5.41) is 0. The smallest absolute Gasteiger partial charge is 0.207 e. The lowest BCUT2D eigenvalue weighted by molar-refractivity contribution is 0.521. The maximum absolute atomic E-state index is 12.5. The second kappa shape index (κ2) is 6.00. The SMILES string of the molecule is CCc1ccc(-c2ccccc2S(=O)(=O)N(C)C)c(C)c1. The Morgan fingerprint density at radius 2 is 1.67 bits per heavy atom. The molecule has 0 aliphatic rings. The van der Waals surface area contributed by atoms with Crippen molar-refractivity contribution < 1.29 is 8.42 Å². The summed E-state index contributed by atoms with van der Waals surface area (Å²) < 4.78 is 26.2. The van der Waals surface area contributed by atoms with Gasteiger partial charge in [0.2, 0.25) is 10.0 Å². The summed E-state index contributed by atoms with van der Waals surface area (Å²) in [6.07, 6.45) is 0.971. The number of hydrogen-bond acceptors (Lipinski definition) is 2. The van der Waals surface area contributed by atoms with Gasteiger partial charge < -0.3 is 0 Å². The molecule has 3 nitrogen and oxygen atoms in total. The van der Waals surface area contributed by atoms with Gasteiger partial charge in [-0.25, -0.2) is 12.7 Å². The second-order valence-electron chi connectivity index (χ2n) is 5.29. The largest absolute Gasteiger partial charge is 0.243 e. The van der Waals surface area contributed by atoms with Gasteiger partial charge in [0.1, 0.15) is 0 Å². The lowest BCUT2D eigenvalue weighted by Crippen LogP contribution is -2.22. The van der Waals surface area contributed by atoms with E-state index in [4.69, 9.17) is 0 Å². The molecule has 0 bridgehead atoms. The summed E-state index contributed by atoms with van der Waals surface area (Å²) in [6, 6.07) is 13.4. The van der Waals surface area contributed by atoms with Gasteiger partial charge in [0, 0.05) is 19.7 Å². The van der Waals surface area contributed by atoms with E-state index in [2.05, 4.69) is 19.1 Å². The Bertz CT molecular complexity index is 749. The van der Waals surface area contributed by atoms with Gasteiger partial charge in [0.15, 0.2) is 0 Å². The van der Waals surface area contributed by atoms with Crippen LogP contribution in [0.15, 0.2) is 47.4 Å². The highest BCUT2D eigenvalue weighted by molar-refractivity contribution is 7.89. The standard InChI is InChI=1S/C17H21NO2S/c1-5-14-10-11-15(13(2)12-14)16-8-6-7-9-17(16)21(19,20)18(3)4/h6-12H,5H2,1-4H3. The molecule has 0 atom stereocenters. The molecule has 0 radical (unpaired) electrons. The number of rotatable bonds is 4. The first kappa shape index (κ1) is 15.7. The summed E-state index contributed by atoms with van der Waals surface area (Å²) in [5.74, 6) is 0. The van der Waals surface area contributed by atoms with Crippen molar-refractivity contribution in [2.75, 3.05) is 14.1 Å². The van der Waals surface area contributed by atoms with Crippen LogP contribution in [0.3, 0.4) is 0 Å². The van der Waals surface area contributed by atoms with Crippen molar-refractivity contribution in [3.63, 3.8) is 0 Å². The lowest BCUT2D eigenvalue weighted by atomic mass is 9.98. The summed E-state index contributed by atoms with van der Waals surface area (Å²) >= 11 is 0. The maximum Gasteiger partial charge on any atom is 0.243 e. The van der Waals surface area contributed by atoms with E-state index in [0.29, 0.717) is 4.90 Å². The Kier molecular flexibility index (Phi) is 4.49. The lowest BCUT2D eigenvalue weighted by Gasteiger charge is -2.16. The average molecular weight is 303 g/mol. The highest BCUT2D eigenvalue weighted by atomic mass is 32.2. The van der Waals surface area contributed by atoms with E-state index in [0.717, 1.165) is 23.1 Å². The molecule has 0 aliphatic heterocycles. The van der Waals surface area contributed by atoms with Gasteiger partial charge in [0.25, 0.3) is 0 Å². The van der Waals surface area contributed by atoms with Crippen LogP contribution in [0.1, 0.15) is 18.1 Å². The minimum absolute atomic E-state index is 0.349. The molecule has 0 saturated carbocycles. The molecule has 0 N–H and O–H groups in total. The van der Waals surface area contributed by atoms with Crippen molar-refractivity contribution in [1.82, 2.24) is 4.31 Å². The third-order valence-electron chi connectivity index (χ3n) is 3.63. The third-order valence-corrected chi connectivity index (χ3v) is 5.51. The average Bonchev–Trinajstić information content (AvgIpc) is 2.47. The number of nitrogens with zero attached hydrogens (tertiary/aromatic N) is 1. The Morgan fingerprint density at radius 1 is 1.00 bits per heavy atom. The first-order chi connectivity index (χ1) is 9.87. The molecule has 21 heavy (non-hydrogen) atoms. The highest BCUT2D eigenvalue weighted by Gasteiger charge is 2.22. The van der Waals surface area contributed by atoms with E-state index in [1.807, 2.05) is 25.1 Å². The molecule has 0 spiro atoms. The minimum Gasteiger partial charge on any atom is -0.207 e. The van der Waals surface area contributed by atoms with E-state index in [1.165, 1.54) is 9.87 Å². The molecule has 112 valence electrons. The molecule has 2 aromatic carbocycles. The van der Waals surface area contributed by atoms with E-state index >= 15 is 0 Å². The molecular formula is C17H21NO2S. The summed E-state index contributed by atoms with van der Waals surface area (Å²) in [5.41, 5.74) is 4.07. The van der Waals surface area contributed by atoms with Crippen molar-refractivity contribution in [3.8, 4) is 11.1 Å². The molecule has 2 rings (SSSR count). The molecule has 4 heteroatoms. The van der Waals surface area contributed by atoms with Crippen molar-refractivity contribution >= 4 is 10.0 Å². The predicted octanol–water partition coefficient (Wildman–Crippen LogP) is 3.47. The van der Waals surface area contributed by atoms with Crippen molar-refractivity contribution in [1.29, 1.82) is 0 Å². The molecule has 0 saturated heterocycles. The Labute approximate surface area is 127 Å². The monoisotopic (exact) mass is 303 g/mol. The Balaban J connectivity index is 2.67. The van der Waals surface area contributed by atoms with E-state index in [9.17, 15) is 8.42 Å². The van der Waals surface area contributed by atoms with Gasteiger partial charge in [-0.1, -0.05) is 43.3 Å². The van der Waals surface area contributed by atoms with Crippen molar-refractivity contribution in [3.05, 3.63) is 53.6 Å². The van der Waals surface area contributed by atoms with Gasteiger partial charge in [-0.15, -0.1) is 0 Å². The fourth-order valence-corrected chi connectivity index (χ4v) is 3.46. The summed E-state index contributed by atoms with van der Waals surface area (Å²) in [4.78, 5) is 0.349. The van der Waals surface area contributed by atoms with Crippen LogP contribution in [0, 0.1) is 6.92 Å². The first-order valence-electron chi connectivity index (χ1n) is 6.99. The molecule has 0 amide bonds. The summed E-state index contributed by atoms with van der Waals surface area (Å²) in [6.45, 7) is 4.13. The van der Waals surface area contributed by atoms with Crippen LogP contribution >= 0.6 is 0 Å². The van der Waals surface area contributed by atoms with Gasteiger partial charge in [0.05, 0.1) is 4.90 Å². The van der Waals surface area contributed by atoms with Crippen LogP contribution in [0.25, 0.3) is 11.1 Å². The van der Waals surface area contributed by atoms with Gasteiger partial charge in [-0.2, -0.15) is 0 Å². The zero-order valence-electron chi connectivity index (χ0n) is 12.9. The predicted molar refractivity (Wildman–Crippen MR) is 86.9 cm³/mol. The molecule has 0 aromatic heterocycles. The Hall–Kier alpha value is -1.65. The molecule has 0 aliphatic carbocycles. The normalized spacial score (nSPS) is 11.9. The number of benzene rings is 2. The fraction of sp³-hybridized carbons (Fsp3) is 0.294. The maximum atomic E-state index is 12.5. The van der Waals surface area contributed by atoms with Crippen LogP contribution < -0.4 is 0 Å².